The number of likely N-dealkylation sites (tertiary alicyclic amines) is 1. The molecular weight excluding hydrogens is 208 g/mol. The van der Waals surface area contributed by atoms with Crippen LogP contribution in [-0.2, 0) is 4.79 Å². The van der Waals surface area contributed by atoms with Crippen LogP contribution in [0.5, 0.6) is 0 Å². The van der Waals surface area contributed by atoms with Gasteiger partial charge in [-0.25, -0.2) is 4.79 Å². The highest BCUT2D eigenvalue weighted by molar-refractivity contribution is 5.95. The van der Waals surface area contributed by atoms with Crippen LogP contribution >= 0.6 is 0 Å². The zero-order chi connectivity index (χ0) is 12.1. The first-order chi connectivity index (χ1) is 7.47. The topological polar surface area (TPSA) is 87.5 Å². The van der Waals surface area contributed by atoms with Crippen molar-refractivity contribution in [1.29, 1.82) is 0 Å². The summed E-state index contributed by atoms with van der Waals surface area (Å²) in [4.78, 5) is 24.5. The summed E-state index contributed by atoms with van der Waals surface area (Å²) in [6.45, 7) is 6.23. The molecule has 0 spiro atoms. The molecule has 1 saturated heterocycles. The van der Waals surface area contributed by atoms with Gasteiger partial charge in [0, 0.05) is 25.7 Å². The van der Waals surface area contributed by atoms with Gasteiger partial charge in [-0.1, -0.05) is 13.8 Å². The molecule has 92 valence electrons. The minimum absolute atomic E-state index is 0.169. The average Bonchev–Trinajstić information content (AvgIpc) is 2.12. The van der Waals surface area contributed by atoms with Gasteiger partial charge < -0.3 is 11.1 Å². The van der Waals surface area contributed by atoms with Crippen molar-refractivity contribution in [1.82, 2.24) is 15.5 Å². The Bertz CT molecular complexity index is 262. The lowest BCUT2D eigenvalue weighted by molar-refractivity contribution is -0.122. The lowest BCUT2D eigenvalue weighted by Gasteiger charge is -2.35. The van der Waals surface area contributed by atoms with E-state index in [0.29, 0.717) is 12.5 Å². The first-order valence-electron chi connectivity index (χ1n) is 5.53. The minimum Gasteiger partial charge on any atom is -0.338 e. The maximum absolute atomic E-state index is 11.4. The Morgan fingerprint density at radius 3 is 2.56 bits per heavy atom. The van der Waals surface area contributed by atoms with Crippen molar-refractivity contribution in [2.45, 2.75) is 19.9 Å². The molecule has 0 aliphatic carbocycles. The number of hydrogen-bond acceptors (Lipinski definition) is 4. The number of carbonyl (C=O) groups excluding carboxylic acids is 2. The Balaban J connectivity index is 2.11. The molecule has 3 amide bonds. The molecule has 0 bridgehead atoms. The molecule has 0 aromatic rings. The van der Waals surface area contributed by atoms with Gasteiger partial charge in [0.05, 0.1) is 6.54 Å². The van der Waals surface area contributed by atoms with Crippen molar-refractivity contribution in [3.8, 4) is 0 Å². The first kappa shape index (κ1) is 12.9. The van der Waals surface area contributed by atoms with E-state index in [-0.39, 0.29) is 18.5 Å². The van der Waals surface area contributed by atoms with Crippen LogP contribution in [0.25, 0.3) is 0 Å². The van der Waals surface area contributed by atoms with Crippen LogP contribution in [-0.4, -0.2) is 49.1 Å². The number of rotatable bonds is 4. The van der Waals surface area contributed by atoms with Gasteiger partial charge in [-0.2, -0.15) is 0 Å². The summed E-state index contributed by atoms with van der Waals surface area (Å²) in [5.41, 5.74) is 5.57. The van der Waals surface area contributed by atoms with Gasteiger partial charge in [0.2, 0.25) is 5.91 Å². The number of nitrogens with zero attached hydrogens (tertiary/aromatic N) is 1. The zero-order valence-corrected chi connectivity index (χ0v) is 9.82. The van der Waals surface area contributed by atoms with Crippen molar-refractivity contribution >= 4 is 11.9 Å². The van der Waals surface area contributed by atoms with Gasteiger partial charge in [0.15, 0.2) is 0 Å². The average molecular weight is 228 g/mol. The monoisotopic (exact) mass is 228 g/mol. The van der Waals surface area contributed by atoms with Crippen LogP contribution in [0.3, 0.4) is 0 Å². The van der Waals surface area contributed by atoms with Crippen LogP contribution in [0.15, 0.2) is 0 Å². The SMILES string of the molecule is CC(C)CNC(=O)NC(=O)CN1CC(N)C1. The predicted molar refractivity (Wildman–Crippen MR) is 60.8 cm³/mol. The van der Waals surface area contributed by atoms with E-state index in [1.807, 2.05) is 18.7 Å². The molecule has 16 heavy (non-hydrogen) atoms. The van der Waals surface area contributed by atoms with Crippen molar-refractivity contribution in [3.63, 3.8) is 0 Å². The third-order valence-corrected chi connectivity index (χ3v) is 2.28. The molecule has 0 atom stereocenters. The van der Waals surface area contributed by atoms with Crippen LogP contribution < -0.4 is 16.4 Å². The third kappa shape index (κ3) is 4.59. The van der Waals surface area contributed by atoms with Gasteiger partial charge >= 0.3 is 6.03 Å². The summed E-state index contributed by atoms with van der Waals surface area (Å²) >= 11 is 0. The molecule has 4 N–H and O–H groups in total. The standard InChI is InChI=1S/C10H20N4O2/c1-7(2)3-12-10(16)13-9(15)6-14-4-8(11)5-14/h7-8H,3-6,11H2,1-2H3,(H2,12,13,15,16). The van der Waals surface area contributed by atoms with Crippen molar-refractivity contribution in [2.75, 3.05) is 26.2 Å². The van der Waals surface area contributed by atoms with Gasteiger partial charge in [-0.05, 0) is 5.92 Å². The molecule has 1 heterocycles. The molecule has 0 aromatic carbocycles. The molecule has 0 saturated carbocycles. The summed E-state index contributed by atoms with van der Waals surface area (Å²) in [6.07, 6.45) is 0. The Morgan fingerprint density at radius 2 is 2.06 bits per heavy atom. The fourth-order valence-electron chi connectivity index (χ4n) is 1.45. The van der Waals surface area contributed by atoms with Gasteiger partial charge in [0.25, 0.3) is 0 Å². The lowest BCUT2D eigenvalue weighted by Crippen LogP contribution is -2.58. The number of nitrogens with one attached hydrogen (secondary N) is 2. The zero-order valence-electron chi connectivity index (χ0n) is 9.82. The third-order valence-electron chi connectivity index (χ3n) is 2.28. The van der Waals surface area contributed by atoms with E-state index in [4.69, 9.17) is 5.73 Å². The van der Waals surface area contributed by atoms with Crippen molar-refractivity contribution < 1.29 is 9.59 Å². The second-order valence-electron chi connectivity index (χ2n) is 4.61. The van der Waals surface area contributed by atoms with E-state index < -0.39 is 6.03 Å². The molecule has 1 aliphatic rings. The molecule has 1 rings (SSSR count). The molecule has 1 fully saturated rings. The minimum atomic E-state index is -0.427. The fraction of sp³-hybridized carbons (Fsp3) is 0.800. The first-order valence-corrected chi connectivity index (χ1v) is 5.53. The number of urea groups is 1. The van der Waals surface area contributed by atoms with Gasteiger partial charge in [0.1, 0.15) is 0 Å². The van der Waals surface area contributed by atoms with Crippen LogP contribution in [0.1, 0.15) is 13.8 Å². The van der Waals surface area contributed by atoms with E-state index in [1.54, 1.807) is 0 Å². The number of amides is 3. The highest BCUT2D eigenvalue weighted by Gasteiger charge is 2.25. The number of imide groups is 1. The van der Waals surface area contributed by atoms with Crippen LogP contribution in [0, 0.1) is 5.92 Å². The van der Waals surface area contributed by atoms with E-state index in [9.17, 15) is 9.59 Å². The molecule has 0 radical (unpaired) electrons. The Hall–Kier alpha value is -1.14. The number of carbonyl (C=O) groups is 2. The molecule has 1 aliphatic heterocycles. The van der Waals surface area contributed by atoms with E-state index in [1.165, 1.54) is 0 Å². The Morgan fingerprint density at radius 1 is 1.44 bits per heavy atom. The molecule has 0 unspecified atom stereocenters. The Kier molecular flexibility index (Phi) is 4.70. The summed E-state index contributed by atoms with van der Waals surface area (Å²) < 4.78 is 0. The molecule has 6 nitrogen and oxygen atoms in total. The predicted octanol–water partition coefficient (Wildman–Crippen LogP) is -0.889. The second-order valence-corrected chi connectivity index (χ2v) is 4.61. The normalized spacial score (nSPS) is 17.0. The highest BCUT2D eigenvalue weighted by Crippen LogP contribution is 2.03. The van der Waals surface area contributed by atoms with Crippen LogP contribution in [0.2, 0.25) is 0 Å². The van der Waals surface area contributed by atoms with Gasteiger partial charge in [-0.3, -0.25) is 15.0 Å². The van der Waals surface area contributed by atoms with E-state index in [2.05, 4.69) is 10.6 Å². The molecule has 0 aromatic heterocycles. The van der Waals surface area contributed by atoms with Gasteiger partial charge in [-0.15, -0.1) is 0 Å². The molecule has 6 heteroatoms. The second kappa shape index (κ2) is 5.81. The number of nitrogens with two attached hydrogens (primary N) is 1. The maximum Gasteiger partial charge on any atom is 0.321 e. The quantitative estimate of drug-likeness (QED) is 0.582. The Labute approximate surface area is 95.5 Å². The fourth-order valence-corrected chi connectivity index (χ4v) is 1.45. The molecular formula is C10H20N4O2. The highest BCUT2D eigenvalue weighted by atomic mass is 16.2. The van der Waals surface area contributed by atoms with E-state index >= 15 is 0 Å². The summed E-state index contributed by atoms with van der Waals surface area (Å²) in [6, 6.07) is -0.258. The summed E-state index contributed by atoms with van der Waals surface area (Å²) in [5.74, 6) is 0.0855. The smallest absolute Gasteiger partial charge is 0.321 e. The van der Waals surface area contributed by atoms with E-state index in [0.717, 1.165) is 13.1 Å². The largest absolute Gasteiger partial charge is 0.338 e. The summed E-state index contributed by atoms with van der Waals surface area (Å²) in [5, 5.41) is 4.89. The van der Waals surface area contributed by atoms with Crippen molar-refractivity contribution in [3.05, 3.63) is 0 Å². The summed E-state index contributed by atoms with van der Waals surface area (Å²) in [7, 11) is 0. The lowest BCUT2D eigenvalue weighted by atomic mass is 10.1. The van der Waals surface area contributed by atoms with Crippen molar-refractivity contribution in [2.24, 2.45) is 11.7 Å². The van der Waals surface area contributed by atoms with Crippen LogP contribution in [0.4, 0.5) is 4.79 Å². The maximum atomic E-state index is 11.4. The number of hydrogen-bond donors (Lipinski definition) is 3.